The first-order valence-corrected chi connectivity index (χ1v) is 7.83. The van der Waals surface area contributed by atoms with Crippen molar-refractivity contribution >= 4 is 10.8 Å². The van der Waals surface area contributed by atoms with Gasteiger partial charge < -0.3 is 4.52 Å². The Bertz CT molecular complexity index is 1050. The van der Waals surface area contributed by atoms with Crippen LogP contribution in [-0.2, 0) is 6.42 Å². The van der Waals surface area contributed by atoms with Gasteiger partial charge in [0.25, 0.3) is 0 Å². The molecule has 0 radical (unpaired) electrons. The fraction of sp³-hybridized carbons (Fsp3) is 0.0476. The van der Waals surface area contributed by atoms with Gasteiger partial charge in [-0.25, -0.2) is 4.79 Å². The van der Waals surface area contributed by atoms with Crippen molar-refractivity contribution in [3.05, 3.63) is 100 Å². The second-order valence-corrected chi connectivity index (χ2v) is 5.71. The van der Waals surface area contributed by atoms with E-state index < -0.39 is 0 Å². The number of rotatable bonds is 3. The maximum absolute atomic E-state index is 12.1. The van der Waals surface area contributed by atoms with Gasteiger partial charge >= 0.3 is 5.63 Å². The molecule has 3 aromatic carbocycles. The molecule has 0 atom stereocenters. The van der Waals surface area contributed by atoms with Crippen LogP contribution in [0, 0.1) is 0 Å². The van der Waals surface area contributed by atoms with E-state index in [0.29, 0.717) is 17.7 Å². The summed E-state index contributed by atoms with van der Waals surface area (Å²) in [7, 11) is 0. The average molecular weight is 313 g/mol. The largest absolute Gasteiger partial charge is 0.362 e. The second kappa shape index (κ2) is 6.13. The number of fused-ring (bicyclic) bond motifs is 1. The molecule has 0 aliphatic carbocycles. The van der Waals surface area contributed by atoms with Crippen molar-refractivity contribution < 1.29 is 4.52 Å². The fourth-order valence-electron chi connectivity index (χ4n) is 2.92. The summed E-state index contributed by atoms with van der Waals surface area (Å²) in [5.41, 5.74) is 2.93. The molecule has 0 saturated heterocycles. The normalized spacial score (nSPS) is 10.8. The zero-order chi connectivity index (χ0) is 16.4. The summed E-state index contributed by atoms with van der Waals surface area (Å²) in [5, 5.41) is 6.24. The second-order valence-electron chi connectivity index (χ2n) is 5.71. The lowest BCUT2D eigenvalue weighted by Gasteiger charge is -2.07. The molecule has 1 aromatic heterocycles. The Kier molecular flexibility index (Phi) is 3.67. The Balaban J connectivity index is 1.78. The standard InChI is InChI=1S/C21H15NO2/c23-21-18(14-20(22-24-21)16-8-2-1-3-9-16)13-17-11-6-10-15-7-4-5-12-19(15)17/h1-12,14H,13H2. The van der Waals surface area contributed by atoms with Gasteiger partial charge in [0.05, 0.1) is 0 Å². The minimum Gasteiger partial charge on any atom is -0.313 e. The molecule has 3 heteroatoms. The van der Waals surface area contributed by atoms with Gasteiger partial charge in [-0.2, -0.15) is 0 Å². The minimum absolute atomic E-state index is 0.386. The average Bonchev–Trinajstić information content (AvgIpc) is 2.64. The molecule has 0 unspecified atom stereocenters. The van der Waals surface area contributed by atoms with Crippen LogP contribution in [-0.4, -0.2) is 5.16 Å². The third-order valence-electron chi connectivity index (χ3n) is 4.13. The number of hydrogen-bond acceptors (Lipinski definition) is 3. The monoisotopic (exact) mass is 313 g/mol. The summed E-state index contributed by atoms with van der Waals surface area (Å²) in [5.74, 6) is 0. The molecule has 0 N–H and O–H groups in total. The first-order valence-electron chi connectivity index (χ1n) is 7.83. The lowest BCUT2D eigenvalue weighted by molar-refractivity contribution is 0.369. The Morgan fingerprint density at radius 3 is 2.42 bits per heavy atom. The van der Waals surface area contributed by atoms with Gasteiger partial charge in [0.2, 0.25) is 0 Å². The Hall–Kier alpha value is -3.20. The Morgan fingerprint density at radius 2 is 1.54 bits per heavy atom. The lowest BCUT2D eigenvalue weighted by Crippen LogP contribution is -2.09. The van der Waals surface area contributed by atoms with Crippen LogP contribution in [0.4, 0.5) is 0 Å². The highest BCUT2D eigenvalue weighted by Crippen LogP contribution is 2.22. The van der Waals surface area contributed by atoms with Crippen molar-refractivity contribution in [2.75, 3.05) is 0 Å². The SMILES string of the molecule is O=c1onc(-c2ccccc2)cc1Cc1cccc2ccccc12. The number of aromatic nitrogens is 1. The van der Waals surface area contributed by atoms with Crippen LogP contribution < -0.4 is 5.63 Å². The van der Waals surface area contributed by atoms with Crippen LogP contribution in [0.15, 0.2) is 88.2 Å². The molecule has 24 heavy (non-hydrogen) atoms. The first kappa shape index (κ1) is 14.4. The number of hydrogen-bond donors (Lipinski definition) is 0. The molecule has 4 rings (SSSR count). The highest BCUT2D eigenvalue weighted by atomic mass is 16.5. The summed E-state index contributed by atoms with van der Waals surface area (Å²) < 4.78 is 5.02. The molecule has 116 valence electrons. The van der Waals surface area contributed by atoms with Crippen LogP contribution in [0.2, 0.25) is 0 Å². The Labute approximate surface area is 139 Å². The van der Waals surface area contributed by atoms with Gasteiger partial charge in [-0.05, 0) is 22.4 Å². The third kappa shape index (κ3) is 2.72. The van der Waals surface area contributed by atoms with Crippen molar-refractivity contribution in [1.29, 1.82) is 0 Å². The number of benzene rings is 3. The van der Waals surface area contributed by atoms with Crippen LogP contribution in [0.5, 0.6) is 0 Å². The molecule has 0 spiro atoms. The van der Waals surface area contributed by atoms with Crippen LogP contribution in [0.1, 0.15) is 11.1 Å². The van der Waals surface area contributed by atoms with E-state index >= 15 is 0 Å². The summed E-state index contributed by atoms with van der Waals surface area (Å²) in [4.78, 5) is 12.1. The van der Waals surface area contributed by atoms with Gasteiger partial charge in [0.1, 0.15) is 5.69 Å². The van der Waals surface area contributed by atoms with Gasteiger partial charge in [0, 0.05) is 17.5 Å². The molecular formula is C21H15NO2. The van der Waals surface area contributed by atoms with E-state index in [4.69, 9.17) is 4.52 Å². The maximum Gasteiger partial charge on any atom is 0.362 e. The summed E-state index contributed by atoms with van der Waals surface area (Å²) in [6.45, 7) is 0. The fourth-order valence-corrected chi connectivity index (χ4v) is 2.92. The summed E-state index contributed by atoms with van der Waals surface area (Å²) in [6, 6.07) is 25.8. The predicted molar refractivity (Wildman–Crippen MR) is 95.0 cm³/mol. The zero-order valence-corrected chi connectivity index (χ0v) is 13.0. The maximum atomic E-state index is 12.1. The molecule has 0 amide bonds. The van der Waals surface area contributed by atoms with E-state index in [-0.39, 0.29) is 5.63 Å². The molecule has 0 saturated carbocycles. The molecule has 1 heterocycles. The molecule has 0 aliphatic rings. The predicted octanol–water partition coefficient (Wildman–Crippen LogP) is 4.45. The quantitative estimate of drug-likeness (QED) is 0.561. The summed E-state index contributed by atoms with van der Waals surface area (Å²) >= 11 is 0. The smallest absolute Gasteiger partial charge is 0.313 e. The van der Waals surface area contributed by atoms with Crippen LogP contribution in [0.3, 0.4) is 0 Å². The van der Waals surface area contributed by atoms with E-state index in [1.54, 1.807) is 0 Å². The van der Waals surface area contributed by atoms with Crippen molar-refractivity contribution in [3.8, 4) is 11.3 Å². The van der Waals surface area contributed by atoms with Crippen molar-refractivity contribution in [1.82, 2.24) is 5.16 Å². The Morgan fingerprint density at radius 1 is 0.792 bits per heavy atom. The van der Waals surface area contributed by atoms with E-state index in [1.165, 1.54) is 0 Å². The third-order valence-corrected chi connectivity index (χ3v) is 4.13. The van der Waals surface area contributed by atoms with E-state index in [9.17, 15) is 4.79 Å². The lowest BCUT2D eigenvalue weighted by atomic mass is 9.99. The van der Waals surface area contributed by atoms with E-state index in [2.05, 4.69) is 23.4 Å². The number of nitrogens with zero attached hydrogens (tertiary/aromatic N) is 1. The zero-order valence-electron chi connectivity index (χ0n) is 13.0. The van der Waals surface area contributed by atoms with Crippen molar-refractivity contribution in [2.24, 2.45) is 0 Å². The first-order chi connectivity index (χ1) is 11.8. The molecular weight excluding hydrogens is 298 g/mol. The van der Waals surface area contributed by atoms with Crippen molar-refractivity contribution in [3.63, 3.8) is 0 Å². The highest BCUT2D eigenvalue weighted by Gasteiger charge is 2.10. The van der Waals surface area contributed by atoms with E-state index in [0.717, 1.165) is 21.9 Å². The highest BCUT2D eigenvalue weighted by molar-refractivity contribution is 5.85. The topological polar surface area (TPSA) is 43.1 Å². The van der Waals surface area contributed by atoms with E-state index in [1.807, 2.05) is 60.7 Å². The molecule has 0 aliphatic heterocycles. The summed E-state index contributed by atoms with van der Waals surface area (Å²) in [6.07, 6.45) is 0.520. The molecule has 3 nitrogen and oxygen atoms in total. The van der Waals surface area contributed by atoms with Crippen LogP contribution in [0.25, 0.3) is 22.0 Å². The molecule has 0 fully saturated rings. The van der Waals surface area contributed by atoms with Crippen LogP contribution >= 0.6 is 0 Å². The van der Waals surface area contributed by atoms with Gasteiger partial charge in [-0.3, -0.25) is 0 Å². The minimum atomic E-state index is -0.386. The molecule has 0 bridgehead atoms. The van der Waals surface area contributed by atoms with Gasteiger partial charge in [-0.1, -0.05) is 78.0 Å². The van der Waals surface area contributed by atoms with Crippen molar-refractivity contribution in [2.45, 2.75) is 6.42 Å². The van der Waals surface area contributed by atoms with Gasteiger partial charge in [-0.15, -0.1) is 0 Å². The van der Waals surface area contributed by atoms with Gasteiger partial charge in [0.15, 0.2) is 0 Å². The molecule has 4 aromatic rings.